The molecule has 1 aromatic carbocycles. The van der Waals surface area contributed by atoms with Crippen molar-refractivity contribution < 1.29 is 24.3 Å². The van der Waals surface area contributed by atoms with Crippen molar-refractivity contribution in [1.82, 2.24) is 20.9 Å². The van der Waals surface area contributed by atoms with Crippen LogP contribution < -0.4 is 21.7 Å². The van der Waals surface area contributed by atoms with Crippen LogP contribution in [0.2, 0.25) is 0 Å². The summed E-state index contributed by atoms with van der Waals surface area (Å²) < 4.78 is 0. The molecule has 180 valence electrons. The number of aromatic amines is 1. The van der Waals surface area contributed by atoms with Crippen LogP contribution in [0.4, 0.5) is 0 Å². The van der Waals surface area contributed by atoms with Crippen molar-refractivity contribution in [2.24, 2.45) is 11.7 Å². The molecule has 0 radical (unpaired) electrons. The molecule has 0 aliphatic heterocycles. The van der Waals surface area contributed by atoms with E-state index in [0.717, 1.165) is 16.5 Å². The molecule has 2 rings (SSSR count). The van der Waals surface area contributed by atoms with Crippen LogP contribution in [0.15, 0.2) is 30.5 Å². The van der Waals surface area contributed by atoms with Crippen molar-refractivity contribution in [2.75, 3.05) is 6.61 Å². The van der Waals surface area contributed by atoms with Gasteiger partial charge in [-0.1, -0.05) is 32.0 Å². The molecule has 3 amide bonds. The summed E-state index contributed by atoms with van der Waals surface area (Å²) in [6.45, 7) is 4.60. The third-order valence-electron chi connectivity index (χ3n) is 5.24. The number of aliphatic hydroxyl groups is 1. The first-order valence-corrected chi connectivity index (χ1v) is 10.9. The Morgan fingerprint density at radius 3 is 2.39 bits per heavy atom. The Hall–Kier alpha value is -3.24. The number of hydrogen-bond donors (Lipinski definition) is 6. The zero-order chi connectivity index (χ0) is 24.5. The number of benzene rings is 1. The highest BCUT2D eigenvalue weighted by Crippen LogP contribution is 2.18. The highest BCUT2D eigenvalue weighted by atomic mass is 16.3. The lowest BCUT2D eigenvalue weighted by atomic mass is 10.0. The number of amides is 3. The number of nitrogens with one attached hydrogen (secondary N) is 4. The van der Waals surface area contributed by atoms with E-state index < -0.39 is 48.5 Å². The fraction of sp³-hybridized carbons (Fsp3) is 0.478. The highest BCUT2D eigenvalue weighted by molar-refractivity contribution is 5.93. The van der Waals surface area contributed by atoms with Gasteiger partial charge in [0.15, 0.2) is 0 Å². The maximum absolute atomic E-state index is 12.5. The average molecular weight is 460 g/mol. The summed E-state index contributed by atoms with van der Waals surface area (Å²) in [7, 11) is 0. The van der Waals surface area contributed by atoms with Gasteiger partial charge in [0.1, 0.15) is 18.4 Å². The first-order chi connectivity index (χ1) is 15.7. The molecule has 0 bridgehead atoms. The van der Waals surface area contributed by atoms with Crippen LogP contribution in [0.25, 0.3) is 10.9 Å². The van der Waals surface area contributed by atoms with Gasteiger partial charge in [-0.25, -0.2) is 0 Å². The van der Waals surface area contributed by atoms with E-state index >= 15 is 0 Å². The Morgan fingerprint density at radius 2 is 1.76 bits per heavy atom. The summed E-state index contributed by atoms with van der Waals surface area (Å²) in [4.78, 5) is 51.6. The number of carbonyl (C=O) groups is 4. The molecule has 0 saturated carbocycles. The van der Waals surface area contributed by atoms with Crippen molar-refractivity contribution in [2.45, 2.75) is 57.8 Å². The number of nitrogens with two attached hydrogens (primary N) is 1. The van der Waals surface area contributed by atoms with Crippen molar-refractivity contribution in [3.8, 4) is 0 Å². The summed E-state index contributed by atoms with van der Waals surface area (Å²) in [5, 5.41) is 17.9. The first-order valence-electron chi connectivity index (χ1n) is 10.9. The summed E-state index contributed by atoms with van der Waals surface area (Å²) >= 11 is 0. The molecule has 2 aromatic rings. The largest absolute Gasteiger partial charge is 0.394 e. The minimum absolute atomic E-state index is 0.173. The topological polar surface area (TPSA) is 166 Å². The molecule has 1 heterocycles. The Labute approximate surface area is 192 Å². The molecular formula is C23H33N5O5. The summed E-state index contributed by atoms with van der Waals surface area (Å²) in [5.41, 5.74) is 7.86. The minimum Gasteiger partial charge on any atom is -0.394 e. The quantitative estimate of drug-likeness (QED) is 0.239. The van der Waals surface area contributed by atoms with Gasteiger partial charge in [0.25, 0.3) is 0 Å². The lowest BCUT2D eigenvalue weighted by Gasteiger charge is -2.22. The van der Waals surface area contributed by atoms with Crippen LogP contribution in [-0.2, 0) is 25.6 Å². The van der Waals surface area contributed by atoms with Crippen molar-refractivity contribution in [3.05, 3.63) is 36.0 Å². The van der Waals surface area contributed by atoms with Crippen LogP contribution in [0, 0.1) is 5.92 Å². The fourth-order valence-corrected chi connectivity index (χ4v) is 3.45. The predicted molar refractivity (Wildman–Crippen MR) is 124 cm³/mol. The molecule has 7 N–H and O–H groups in total. The normalized spacial score (nSPS) is 14.8. The number of hydrogen-bond acceptors (Lipinski definition) is 6. The Bertz CT molecular complexity index is 973. The number of fused-ring (bicyclic) bond motifs is 1. The third-order valence-corrected chi connectivity index (χ3v) is 5.24. The van der Waals surface area contributed by atoms with Gasteiger partial charge < -0.3 is 36.6 Å². The van der Waals surface area contributed by atoms with Crippen LogP contribution in [0.3, 0.4) is 0 Å². The van der Waals surface area contributed by atoms with Crippen LogP contribution in [0.5, 0.6) is 0 Å². The number of rotatable bonds is 12. The van der Waals surface area contributed by atoms with E-state index in [-0.39, 0.29) is 12.3 Å². The Balaban J connectivity index is 1.90. The monoisotopic (exact) mass is 459 g/mol. The van der Waals surface area contributed by atoms with Crippen molar-refractivity contribution in [1.29, 1.82) is 0 Å². The summed E-state index contributed by atoms with van der Waals surface area (Å²) in [6, 6.07) is 3.79. The van der Waals surface area contributed by atoms with E-state index in [9.17, 15) is 24.3 Å². The molecule has 0 aliphatic carbocycles. The van der Waals surface area contributed by atoms with E-state index in [4.69, 9.17) is 5.73 Å². The second kappa shape index (κ2) is 12.1. The Morgan fingerprint density at radius 1 is 1.06 bits per heavy atom. The third kappa shape index (κ3) is 7.40. The van der Waals surface area contributed by atoms with Crippen molar-refractivity contribution in [3.63, 3.8) is 0 Å². The molecule has 1 aromatic heterocycles. The molecule has 33 heavy (non-hydrogen) atoms. The first kappa shape index (κ1) is 26.0. The minimum atomic E-state index is -1.26. The number of aliphatic hydroxyl groups excluding tert-OH is 1. The van der Waals surface area contributed by atoms with Gasteiger partial charge in [-0.3, -0.25) is 14.4 Å². The molecule has 10 heteroatoms. The number of carbonyl (C=O) groups excluding carboxylic acids is 4. The highest BCUT2D eigenvalue weighted by Gasteiger charge is 2.27. The van der Waals surface area contributed by atoms with Gasteiger partial charge in [-0.05, 0) is 37.3 Å². The Kier molecular flexibility index (Phi) is 9.56. The molecule has 4 atom stereocenters. The van der Waals surface area contributed by atoms with Gasteiger partial charge in [0.05, 0.1) is 18.7 Å². The number of H-pyrrole nitrogens is 1. The second-order valence-electron chi connectivity index (χ2n) is 8.52. The molecule has 0 fully saturated rings. The SMILES string of the molecule is CC(C)C[C@@H](C=O)NC(=O)[C@H](CO)NC(=O)[C@H](C)NC(=O)[C@@H](N)Cc1c[nH]c2ccccc12. The van der Waals surface area contributed by atoms with Gasteiger partial charge in [-0.2, -0.15) is 0 Å². The van der Waals surface area contributed by atoms with E-state index in [1.165, 1.54) is 6.92 Å². The number of para-hydroxylation sites is 1. The number of aromatic nitrogens is 1. The van der Waals surface area contributed by atoms with E-state index in [1.54, 1.807) is 6.20 Å². The van der Waals surface area contributed by atoms with Gasteiger partial charge >= 0.3 is 0 Å². The maximum Gasteiger partial charge on any atom is 0.245 e. The lowest BCUT2D eigenvalue weighted by Crippen LogP contribution is -2.57. The molecular weight excluding hydrogens is 426 g/mol. The zero-order valence-electron chi connectivity index (χ0n) is 19.1. The molecule has 10 nitrogen and oxygen atoms in total. The van der Waals surface area contributed by atoms with Gasteiger partial charge in [-0.15, -0.1) is 0 Å². The smallest absolute Gasteiger partial charge is 0.245 e. The number of aldehydes is 1. The standard InChI is InChI=1S/C23H33N5O5/c1-13(2)8-16(11-29)27-23(33)20(12-30)28-21(31)14(3)26-22(32)18(24)9-15-10-25-19-7-5-4-6-17(15)19/h4-7,10-11,13-14,16,18,20,25,30H,8-9,12,24H2,1-3H3,(H,26,32)(H,27,33)(H,28,31)/t14-,16-,18-,20-/m0/s1. The van der Waals surface area contributed by atoms with E-state index in [0.29, 0.717) is 12.7 Å². The van der Waals surface area contributed by atoms with Crippen LogP contribution in [0.1, 0.15) is 32.8 Å². The van der Waals surface area contributed by atoms with Crippen molar-refractivity contribution >= 4 is 34.9 Å². The molecule has 0 aliphatic rings. The average Bonchev–Trinajstić information content (AvgIpc) is 3.18. The maximum atomic E-state index is 12.5. The summed E-state index contributed by atoms with van der Waals surface area (Å²) in [5.74, 6) is -1.70. The van der Waals surface area contributed by atoms with E-state index in [2.05, 4.69) is 20.9 Å². The van der Waals surface area contributed by atoms with Gasteiger partial charge in [0, 0.05) is 17.1 Å². The van der Waals surface area contributed by atoms with Crippen LogP contribution in [-0.4, -0.2) is 64.9 Å². The second-order valence-corrected chi connectivity index (χ2v) is 8.52. The summed E-state index contributed by atoms with van der Waals surface area (Å²) in [6.07, 6.45) is 3.12. The van der Waals surface area contributed by atoms with Gasteiger partial charge in [0.2, 0.25) is 17.7 Å². The zero-order valence-corrected chi connectivity index (χ0v) is 19.1. The molecule has 0 spiro atoms. The molecule has 0 unspecified atom stereocenters. The van der Waals surface area contributed by atoms with E-state index in [1.807, 2.05) is 38.1 Å². The van der Waals surface area contributed by atoms with Crippen LogP contribution >= 0.6 is 0 Å². The predicted octanol–water partition coefficient (Wildman–Crippen LogP) is -0.251. The molecule has 0 saturated heterocycles. The lowest BCUT2D eigenvalue weighted by molar-refractivity contribution is -0.133. The fourth-order valence-electron chi connectivity index (χ4n) is 3.45.